The van der Waals surface area contributed by atoms with Crippen molar-refractivity contribution in [3.8, 4) is 11.5 Å². The maximum atomic E-state index is 12.5. The molecular weight excluding hydrogens is 324 g/mol. The number of allylic oxidation sites excluding steroid dienone is 1. The zero-order chi connectivity index (χ0) is 17.9. The Kier molecular flexibility index (Phi) is 4.28. The highest BCUT2D eigenvalue weighted by Crippen LogP contribution is 2.35. The van der Waals surface area contributed by atoms with Gasteiger partial charge in [0.05, 0.1) is 5.56 Å². The first kappa shape index (κ1) is 16.2. The lowest BCUT2D eigenvalue weighted by Gasteiger charge is -2.07. The molecule has 4 rings (SSSR count). The number of ether oxygens (including phenoxy) is 2. The molecule has 0 unspecified atom stereocenters. The van der Waals surface area contributed by atoms with Crippen molar-refractivity contribution in [2.45, 2.75) is 13.5 Å². The number of benzene rings is 3. The minimum atomic E-state index is -0.103. The van der Waals surface area contributed by atoms with Crippen LogP contribution in [-0.4, -0.2) is 5.78 Å². The minimum Gasteiger partial charge on any atom is -0.489 e. The van der Waals surface area contributed by atoms with Crippen molar-refractivity contribution >= 4 is 11.9 Å². The van der Waals surface area contributed by atoms with Gasteiger partial charge in [0.1, 0.15) is 18.1 Å². The van der Waals surface area contributed by atoms with Gasteiger partial charge in [-0.05, 0) is 36.3 Å². The fourth-order valence-corrected chi connectivity index (χ4v) is 2.81. The van der Waals surface area contributed by atoms with Gasteiger partial charge < -0.3 is 9.47 Å². The summed E-state index contributed by atoms with van der Waals surface area (Å²) in [7, 11) is 0. The van der Waals surface area contributed by atoms with E-state index >= 15 is 0 Å². The van der Waals surface area contributed by atoms with Crippen LogP contribution in [0.25, 0.3) is 6.08 Å². The van der Waals surface area contributed by atoms with E-state index in [0.717, 1.165) is 11.1 Å². The summed E-state index contributed by atoms with van der Waals surface area (Å²) in [6, 6.07) is 23.2. The van der Waals surface area contributed by atoms with Crippen LogP contribution < -0.4 is 9.47 Å². The van der Waals surface area contributed by atoms with Crippen LogP contribution in [0.1, 0.15) is 27.0 Å². The highest BCUT2D eigenvalue weighted by Gasteiger charge is 2.27. The Labute approximate surface area is 152 Å². The Morgan fingerprint density at radius 3 is 2.50 bits per heavy atom. The molecule has 0 bridgehead atoms. The molecule has 0 saturated carbocycles. The molecule has 0 aliphatic carbocycles. The SMILES string of the molecule is Cc1ccc(COc2ccc3c(c2)OC(=Cc2ccccc2)C3=O)cc1. The molecule has 0 amide bonds. The van der Waals surface area contributed by atoms with Crippen LogP contribution in [0.5, 0.6) is 11.5 Å². The second kappa shape index (κ2) is 6.89. The number of hydrogen-bond donors (Lipinski definition) is 0. The van der Waals surface area contributed by atoms with E-state index in [1.165, 1.54) is 5.56 Å². The first-order valence-corrected chi connectivity index (χ1v) is 8.51. The van der Waals surface area contributed by atoms with Crippen LogP contribution >= 0.6 is 0 Å². The molecule has 0 saturated heterocycles. The molecule has 3 nitrogen and oxygen atoms in total. The maximum Gasteiger partial charge on any atom is 0.231 e. The molecule has 1 aliphatic heterocycles. The average Bonchev–Trinajstić information content (AvgIpc) is 2.97. The van der Waals surface area contributed by atoms with E-state index in [9.17, 15) is 4.79 Å². The third-order valence-corrected chi connectivity index (χ3v) is 4.26. The second-order valence-electron chi connectivity index (χ2n) is 6.28. The molecular formula is C23H18O3. The van der Waals surface area contributed by atoms with Gasteiger partial charge in [-0.3, -0.25) is 4.79 Å². The van der Waals surface area contributed by atoms with E-state index < -0.39 is 0 Å². The molecule has 0 fully saturated rings. The molecule has 0 spiro atoms. The van der Waals surface area contributed by atoms with Gasteiger partial charge in [-0.25, -0.2) is 0 Å². The van der Waals surface area contributed by atoms with Crippen molar-refractivity contribution < 1.29 is 14.3 Å². The van der Waals surface area contributed by atoms with E-state index in [4.69, 9.17) is 9.47 Å². The van der Waals surface area contributed by atoms with Crippen molar-refractivity contribution in [2.75, 3.05) is 0 Å². The van der Waals surface area contributed by atoms with Crippen molar-refractivity contribution in [3.05, 3.63) is 101 Å². The zero-order valence-electron chi connectivity index (χ0n) is 14.4. The molecule has 1 heterocycles. The maximum absolute atomic E-state index is 12.5. The Morgan fingerprint density at radius 1 is 0.962 bits per heavy atom. The van der Waals surface area contributed by atoms with Crippen LogP contribution in [-0.2, 0) is 6.61 Å². The van der Waals surface area contributed by atoms with E-state index in [-0.39, 0.29) is 5.78 Å². The number of aryl methyl sites for hydroxylation is 1. The summed E-state index contributed by atoms with van der Waals surface area (Å²) in [5.41, 5.74) is 3.81. The third-order valence-electron chi connectivity index (χ3n) is 4.26. The Balaban J connectivity index is 1.50. The van der Waals surface area contributed by atoms with Crippen molar-refractivity contribution in [1.82, 2.24) is 0 Å². The molecule has 0 atom stereocenters. The van der Waals surface area contributed by atoms with Gasteiger partial charge >= 0.3 is 0 Å². The number of rotatable bonds is 4. The first-order chi connectivity index (χ1) is 12.7. The van der Waals surface area contributed by atoms with Gasteiger partial charge in [0.2, 0.25) is 5.78 Å². The lowest BCUT2D eigenvalue weighted by atomic mass is 10.1. The fourth-order valence-electron chi connectivity index (χ4n) is 2.81. The molecule has 0 aromatic heterocycles. The number of Topliss-reactive ketones (excluding diaryl/α,β-unsaturated/α-hetero) is 1. The summed E-state index contributed by atoms with van der Waals surface area (Å²) in [5, 5.41) is 0. The van der Waals surface area contributed by atoms with Crippen LogP contribution in [0.3, 0.4) is 0 Å². The van der Waals surface area contributed by atoms with Crippen molar-refractivity contribution in [1.29, 1.82) is 0 Å². The lowest BCUT2D eigenvalue weighted by molar-refractivity contribution is 0.101. The van der Waals surface area contributed by atoms with E-state index in [0.29, 0.717) is 29.4 Å². The topological polar surface area (TPSA) is 35.5 Å². The van der Waals surface area contributed by atoms with Crippen LogP contribution in [0.4, 0.5) is 0 Å². The molecule has 3 heteroatoms. The highest BCUT2D eigenvalue weighted by molar-refractivity contribution is 6.14. The monoisotopic (exact) mass is 342 g/mol. The summed E-state index contributed by atoms with van der Waals surface area (Å²) >= 11 is 0. The fraction of sp³-hybridized carbons (Fsp3) is 0.0870. The molecule has 26 heavy (non-hydrogen) atoms. The second-order valence-corrected chi connectivity index (χ2v) is 6.28. The van der Waals surface area contributed by atoms with E-state index in [2.05, 4.69) is 19.1 Å². The smallest absolute Gasteiger partial charge is 0.231 e. The number of fused-ring (bicyclic) bond motifs is 1. The number of ketones is 1. The third kappa shape index (κ3) is 3.38. The summed E-state index contributed by atoms with van der Waals surface area (Å²) in [6.45, 7) is 2.53. The quantitative estimate of drug-likeness (QED) is 0.612. The predicted octanol–water partition coefficient (Wildman–Crippen LogP) is 5.19. The van der Waals surface area contributed by atoms with Gasteiger partial charge in [-0.2, -0.15) is 0 Å². The summed E-state index contributed by atoms with van der Waals surface area (Å²) < 4.78 is 11.6. The largest absolute Gasteiger partial charge is 0.489 e. The van der Waals surface area contributed by atoms with Gasteiger partial charge in [-0.15, -0.1) is 0 Å². The van der Waals surface area contributed by atoms with Crippen molar-refractivity contribution in [2.24, 2.45) is 0 Å². The van der Waals surface area contributed by atoms with E-state index in [1.54, 1.807) is 24.3 Å². The van der Waals surface area contributed by atoms with Crippen LogP contribution in [0, 0.1) is 6.92 Å². The van der Waals surface area contributed by atoms with Crippen LogP contribution in [0.15, 0.2) is 78.6 Å². The molecule has 1 aliphatic rings. The summed E-state index contributed by atoms with van der Waals surface area (Å²) in [4.78, 5) is 12.5. The predicted molar refractivity (Wildman–Crippen MR) is 101 cm³/mol. The lowest BCUT2D eigenvalue weighted by Crippen LogP contribution is -1.97. The highest BCUT2D eigenvalue weighted by atomic mass is 16.5. The van der Waals surface area contributed by atoms with Gasteiger partial charge in [0, 0.05) is 6.07 Å². The Bertz CT molecular complexity index is 970. The standard InChI is InChI=1S/C23H18O3/c1-16-7-9-18(10-8-16)15-25-19-11-12-20-21(14-19)26-22(23(20)24)13-17-5-3-2-4-6-17/h2-14H,15H2,1H3. The Morgan fingerprint density at radius 2 is 1.73 bits per heavy atom. The van der Waals surface area contributed by atoms with Crippen LogP contribution in [0.2, 0.25) is 0 Å². The summed E-state index contributed by atoms with van der Waals surface area (Å²) in [5.74, 6) is 1.45. The van der Waals surface area contributed by atoms with Gasteiger partial charge in [-0.1, -0.05) is 60.2 Å². The molecule has 3 aromatic carbocycles. The molecule has 0 radical (unpaired) electrons. The minimum absolute atomic E-state index is 0.103. The zero-order valence-corrected chi connectivity index (χ0v) is 14.4. The number of carbonyl (C=O) groups excluding carboxylic acids is 1. The average molecular weight is 342 g/mol. The first-order valence-electron chi connectivity index (χ1n) is 8.51. The molecule has 3 aromatic rings. The Hall–Kier alpha value is -3.33. The molecule has 128 valence electrons. The van der Waals surface area contributed by atoms with Gasteiger partial charge in [0.25, 0.3) is 0 Å². The van der Waals surface area contributed by atoms with Gasteiger partial charge in [0.15, 0.2) is 5.76 Å². The molecule has 0 N–H and O–H groups in total. The van der Waals surface area contributed by atoms with E-state index in [1.807, 2.05) is 42.5 Å². The van der Waals surface area contributed by atoms with Crippen molar-refractivity contribution in [3.63, 3.8) is 0 Å². The number of carbonyl (C=O) groups is 1. The normalized spacial score (nSPS) is 14.2. The summed E-state index contributed by atoms with van der Waals surface area (Å²) in [6.07, 6.45) is 1.76. The number of hydrogen-bond acceptors (Lipinski definition) is 3.